The van der Waals surface area contributed by atoms with E-state index in [0.717, 1.165) is 46.0 Å². The molecule has 0 aliphatic heterocycles. The molecule has 0 bridgehead atoms. The molecular weight excluding hydrogens is 614 g/mol. The van der Waals surface area contributed by atoms with Crippen LogP contribution in [0.5, 0.6) is 23.0 Å². The molecule has 3 aromatic carbocycles. The summed E-state index contributed by atoms with van der Waals surface area (Å²) in [5, 5.41) is 19.3. The van der Waals surface area contributed by atoms with Gasteiger partial charge in [-0.15, -0.1) is 9.24 Å². The van der Waals surface area contributed by atoms with E-state index in [9.17, 15) is 10.2 Å². The molecule has 0 saturated heterocycles. The number of rotatable bonds is 8. The van der Waals surface area contributed by atoms with E-state index < -0.39 is 5.34 Å². The van der Waals surface area contributed by atoms with Gasteiger partial charge in [0.1, 0.15) is 37.6 Å². The molecule has 6 nitrogen and oxygen atoms in total. The number of benzene rings is 3. The van der Waals surface area contributed by atoms with Crippen LogP contribution < -0.4 is 9.26 Å². The van der Waals surface area contributed by atoms with Crippen molar-refractivity contribution in [2.75, 3.05) is 14.2 Å². The fraction of sp³-hybridized carbons (Fsp3) is 0.421. The highest BCUT2D eigenvalue weighted by Crippen LogP contribution is 2.42. The number of allylic oxidation sites excluding steroid dienone is 1. The smallest absolute Gasteiger partial charge is 0.155 e. The average Bonchev–Trinajstić information content (AvgIpc) is 3.01. The molecule has 0 aromatic heterocycles. The number of ether oxygens (including phenoxy) is 3. The van der Waals surface area contributed by atoms with Crippen molar-refractivity contribution in [3.05, 3.63) is 96.3 Å². The maximum Gasteiger partial charge on any atom is 0.155 e. The molecule has 3 unspecified atom stereocenters. The Morgan fingerprint density at radius 2 is 1.43 bits per heavy atom. The zero-order valence-electron chi connectivity index (χ0n) is 29.5. The van der Waals surface area contributed by atoms with Gasteiger partial charge < -0.3 is 28.9 Å². The lowest BCUT2D eigenvalue weighted by Gasteiger charge is -2.28. The van der Waals surface area contributed by atoms with E-state index in [-0.39, 0.29) is 26.1 Å². The molecule has 0 amide bonds. The highest BCUT2D eigenvalue weighted by molar-refractivity contribution is 7.34. The van der Waals surface area contributed by atoms with Crippen molar-refractivity contribution in [3.8, 4) is 34.1 Å². The number of methoxy groups -OCH3 is 2. The zero-order chi connectivity index (χ0) is 34.9. The lowest BCUT2D eigenvalue weighted by atomic mass is 9.86. The summed E-state index contributed by atoms with van der Waals surface area (Å²) in [7, 11) is 6.07. The predicted octanol–water partition coefficient (Wildman–Crippen LogP) is 10.6. The summed E-state index contributed by atoms with van der Waals surface area (Å²) in [5.41, 5.74) is 3.21. The number of para-hydroxylation sites is 2. The number of phenolic OH excluding ortho intramolecular Hbond substituents is 2. The molecule has 4 rings (SSSR count). The van der Waals surface area contributed by atoms with E-state index in [4.69, 9.17) is 18.7 Å². The molecule has 46 heavy (non-hydrogen) atoms. The third-order valence-corrected chi connectivity index (χ3v) is 7.12. The minimum absolute atomic E-state index is 0.0569. The largest absolute Gasteiger partial charge is 0.508 e. The van der Waals surface area contributed by atoms with Gasteiger partial charge >= 0.3 is 0 Å². The Balaban J connectivity index is 0.000000463. The molecule has 0 radical (unpaired) electrons. The van der Waals surface area contributed by atoms with Crippen LogP contribution in [0.15, 0.2) is 90.7 Å². The fourth-order valence-corrected chi connectivity index (χ4v) is 4.74. The summed E-state index contributed by atoms with van der Waals surface area (Å²) in [4.78, 5) is 0. The molecule has 2 N–H and O–H groups in total. The number of aromatic hydroxyl groups is 2. The fourth-order valence-electron chi connectivity index (χ4n) is 4.05. The van der Waals surface area contributed by atoms with Gasteiger partial charge in [0.15, 0.2) is 5.34 Å². The van der Waals surface area contributed by atoms with Crippen molar-refractivity contribution in [2.24, 2.45) is 0 Å². The molecule has 8 heteroatoms. The van der Waals surface area contributed by atoms with Crippen LogP contribution in [0, 0.1) is 0 Å². The first kappa shape index (κ1) is 41.0. The molecule has 1 aliphatic carbocycles. The molecule has 3 aromatic rings. The quantitative estimate of drug-likeness (QED) is 0.232. The Kier molecular flexibility index (Phi) is 18.0. The van der Waals surface area contributed by atoms with Gasteiger partial charge in [-0.3, -0.25) is 0 Å². The first-order chi connectivity index (χ1) is 21.7. The van der Waals surface area contributed by atoms with Crippen molar-refractivity contribution in [2.45, 2.75) is 91.3 Å². The van der Waals surface area contributed by atoms with E-state index in [0.29, 0.717) is 5.75 Å². The summed E-state index contributed by atoms with van der Waals surface area (Å²) in [5.74, 6) is 2.90. The highest BCUT2D eigenvalue weighted by Gasteiger charge is 2.24. The van der Waals surface area contributed by atoms with Crippen LogP contribution in [-0.2, 0) is 14.9 Å². The Hall–Kier alpha value is -3.04. The molecular formula is C38H56O6P2. The van der Waals surface area contributed by atoms with E-state index in [1.54, 1.807) is 38.5 Å². The molecule has 1 aliphatic rings. The van der Waals surface area contributed by atoms with Crippen LogP contribution in [0.1, 0.15) is 74.3 Å². The molecule has 0 heterocycles. The zero-order valence-corrected chi connectivity index (χ0v) is 31.7. The molecule has 0 fully saturated rings. The van der Waals surface area contributed by atoms with Gasteiger partial charge in [0.05, 0.1) is 13.2 Å². The Morgan fingerprint density at radius 1 is 0.848 bits per heavy atom. The number of hydrogen-bond acceptors (Lipinski definition) is 6. The third kappa shape index (κ3) is 14.6. The van der Waals surface area contributed by atoms with Gasteiger partial charge in [0, 0.05) is 23.8 Å². The van der Waals surface area contributed by atoms with Gasteiger partial charge in [0.2, 0.25) is 0 Å². The monoisotopic (exact) mass is 670 g/mol. The first-order valence-electron chi connectivity index (χ1n) is 15.7. The predicted molar refractivity (Wildman–Crippen MR) is 200 cm³/mol. The Bertz CT molecular complexity index is 1370. The summed E-state index contributed by atoms with van der Waals surface area (Å²) in [6, 6.07) is 20.3. The van der Waals surface area contributed by atoms with Crippen molar-refractivity contribution in [3.63, 3.8) is 0 Å². The van der Waals surface area contributed by atoms with Crippen LogP contribution in [-0.4, -0.2) is 41.5 Å². The molecule has 0 spiro atoms. The van der Waals surface area contributed by atoms with Gasteiger partial charge in [-0.2, -0.15) is 0 Å². The van der Waals surface area contributed by atoms with E-state index in [2.05, 4.69) is 43.9 Å². The second kappa shape index (κ2) is 20.3. The van der Waals surface area contributed by atoms with Crippen molar-refractivity contribution in [1.29, 1.82) is 0 Å². The second-order valence-corrected chi connectivity index (χ2v) is 15.1. The normalized spacial score (nSPS) is 14.2. The highest BCUT2D eigenvalue weighted by atomic mass is 31.1. The van der Waals surface area contributed by atoms with Gasteiger partial charge in [-0.1, -0.05) is 90.9 Å². The Labute approximate surface area is 282 Å². The van der Waals surface area contributed by atoms with Crippen LogP contribution in [0.25, 0.3) is 11.1 Å². The SMILES string of the molecule is CC.CC(C)P.COC1C=CC(OC(C)(C)POc2ccccc2-c2ccccc2O)=CC1.COc1ccc(O)c(C(C)(C)C)c1. The third-order valence-electron chi connectivity index (χ3n) is 6.20. The van der Waals surface area contributed by atoms with Crippen molar-refractivity contribution < 1.29 is 28.9 Å². The molecule has 254 valence electrons. The summed E-state index contributed by atoms with van der Waals surface area (Å²) >= 11 is 0. The standard InChI is InChI=1S/C22H25O4P.C11H16O2.C3H9P.C2H6/c1-22(2,25-17-14-12-16(24-3)13-15-17)27-26-21-11-7-5-9-19(21)18-8-4-6-10-20(18)23;1-11(2,3)9-7-8(13-4)5-6-10(9)12;1-3(2)4;1-2/h4-12,14-16,23,27H,13H2,1-3H3;5-7,12H,1-4H3;3H,4H2,1-2H3;1-2H3. The van der Waals surface area contributed by atoms with Crippen LogP contribution in [0.4, 0.5) is 0 Å². The second-order valence-electron chi connectivity index (χ2n) is 12.2. The lowest BCUT2D eigenvalue weighted by Crippen LogP contribution is -2.20. The van der Waals surface area contributed by atoms with Gasteiger partial charge in [0.25, 0.3) is 0 Å². The lowest BCUT2D eigenvalue weighted by molar-refractivity contribution is 0.106. The van der Waals surface area contributed by atoms with E-state index in [1.165, 1.54) is 0 Å². The maximum absolute atomic E-state index is 10.2. The van der Waals surface area contributed by atoms with Crippen LogP contribution >= 0.6 is 18.0 Å². The van der Waals surface area contributed by atoms with Crippen molar-refractivity contribution >= 4 is 18.0 Å². The molecule has 3 atom stereocenters. The number of hydrogen-bond donors (Lipinski definition) is 2. The van der Waals surface area contributed by atoms with Gasteiger partial charge in [-0.25, -0.2) is 0 Å². The molecule has 0 saturated carbocycles. The van der Waals surface area contributed by atoms with E-state index in [1.807, 2.05) is 88.4 Å². The topological polar surface area (TPSA) is 77.4 Å². The Morgan fingerprint density at radius 3 is 1.96 bits per heavy atom. The minimum atomic E-state index is -0.484. The van der Waals surface area contributed by atoms with Crippen molar-refractivity contribution in [1.82, 2.24) is 0 Å². The summed E-state index contributed by atoms with van der Waals surface area (Å²) < 4.78 is 22.6. The number of phenols is 2. The first-order valence-corrected chi connectivity index (χ1v) is 17.3. The summed E-state index contributed by atoms with van der Waals surface area (Å²) in [6.45, 7) is 18.4. The van der Waals surface area contributed by atoms with Gasteiger partial charge in [-0.05, 0) is 73.8 Å². The van der Waals surface area contributed by atoms with Crippen LogP contribution in [0.2, 0.25) is 0 Å². The average molecular weight is 671 g/mol. The van der Waals surface area contributed by atoms with E-state index >= 15 is 0 Å². The van der Waals surface area contributed by atoms with Crippen LogP contribution in [0.3, 0.4) is 0 Å². The summed E-state index contributed by atoms with van der Waals surface area (Å²) in [6.07, 6.45) is 6.90. The minimum Gasteiger partial charge on any atom is -0.508 e. The maximum atomic E-state index is 10.2.